The highest BCUT2D eigenvalue weighted by Crippen LogP contribution is 2.07. The molecule has 0 atom stereocenters. The molecule has 5 heteroatoms. The van der Waals surface area contributed by atoms with E-state index in [1.54, 1.807) is 7.11 Å². The van der Waals surface area contributed by atoms with E-state index in [9.17, 15) is 0 Å². The van der Waals surface area contributed by atoms with Gasteiger partial charge < -0.3 is 4.74 Å². The van der Waals surface area contributed by atoms with E-state index in [1.165, 1.54) is 5.56 Å². The summed E-state index contributed by atoms with van der Waals surface area (Å²) in [4.78, 5) is 4.56. The Morgan fingerprint density at radius 1 is 1.20 bits per heavy atom. The lowest BCUT2D eigenvalue weighted by Crippen LogP contribution is -2.09. The number of rotatable bonds is 8. The molecule has 0 N–H and O–H groups in total. The highest BCUT2D eigenvalue weighted by molar-refractivity contribution is 7.98. The van der Waals surface area contributed by atoms with E-state index < -0.39 is 0 Å². The summed E-state index contributed by atoms with van der Waals surface area (Å²) in [6.45, 7) is 1.36. The molecule has 4 nitrogen and oxygen atoms in total. The summed E-state index contributed by atoms with van der Waals surface area (Å²) in [5.74, 6) is 2.88. The molecule has 108 valence electrons. The van der Waals surface area contributed by atoms with Crippen LogP contribution in [0.1, 0.15) is 17.2 Å². The Kier molecular flexibility index (Phi) is 6.08. The molecule has 0 bridgehead atoms. The van der Waals surface area contributed by atoms with E-state index in [2.05, 4.69) is 40.6 Å². The fraction of sp³-hybridized carbons (Fsp3) is 0.467. The minimum atomic E-state index is 0.515. The number of benzene rings is 1. The standard InChI is InChI=1S/C15H21N3OS/c1-19-12-15-16-14(9-11-20-2)17-18(15)10-8-13-6-4-3-5-7-13/h3-7H,8-12H2,1-2H3. The van der Waals surface area contributed by atoms with Crippen molar-refractivity contribution in [3.05, 3.63) is 47.5 Å². The van der Waals surface area contributed by atoms with Crippen LogP contribution in [-0.4, -0.2) is 33.9 Å². The van der Waals surface area contributed by atoms with Crippen LogP contribution in [0.5, 0.6) is 0 Å². The minimum Gasteiger partial charge on any atom is -0.377 e. The van der Waals surface area contributed by atoms with Gasteiger partial charge in [-0.05, 0) is 18.2 Å². The van der Waals surface area contributed by atoms with Crippen LogP contribution in [0.25, 0.3) is 0 Å². The summed E-state index contributed by atoms with van der Waals surface area (Å²) in [5.41, 5.74) is 1.32. The maximum Gasteiger partial charge on any atom is 0.153 e. The first kappa shape index (κ1) is 15.1. The Morgan fingerprint density at radius 2 is 2.00 bits per heavy atom. The summed E-state index contributed by atoms with van der Waals surface area (Å²) in [7, 11) is 1.69. The second-order valence-electron chi connectivity index (χ2n) is 4.58. The van der Waals surface area contributed by atoms with Crippen LogP contribution < -0.4 is 0 Å². The molecule has 0 saturated heterocycles. The summed E-state index contributed by atoms with van der Waals surface area (Å²) in [6, 6.07) is 10.5. The van der Waals surface area contributed by atoms with Gasteiger partial charge in [-0.2, -0.15) is 16.9 Å². The minimum absolute atomic E-state index is 0.515. The normalized spacial score (nSPS) is 10.9. The van der Waals surface area contributed by atoms with Crippen molar-refractivity contribution >= 4 is 11.8 Å². The molecule has 1 aromatic carbocycles. The smallest absolute Gasteiger partial charge is 0.153 e. The molecule has 0 radical (unpaired) electrons. The maximum atomic E-state index is 5.21. The molecule has 2 rings (SSSR count). The topological polar surface area (TPSA) is 39.9 Å². The first-order chi connectivity index (χ1) is 9.83. The zero-order chi connectivity index (χ0) is 14.2. The van der Waals surface area contributed by atoms with Crippen molar-refractivity contribution in [2.45, 2.75) is 26.0 Å². The van der Waals surface area contributed by atoms with E-state index in [1.807, 2.05) is 22.5 Å². The molecule has 0 aliphatic carbocycles. The average molecular weight is 291 g/mol. The number of aromatic nitrogens is 3. The molecular formula is C15H21N3OS. The summed E-state index contributed by atoms with van der Waals surface area (Å²) in [5, 5.41) is 4.59. The van der Waals surface area contributed by atoms with Gasteiger partial charge in [-0.3, -0.25) is 0 Å². The highest BCUT2D eigenvalue weighted by Gasteiger charge is 2.09. The third-order valence-corrected chi connectivity index (χ3v) is 3.66. The quantitative estimate of drug-likeness (QED) is 0.749. The second-order valence-corrected chi connectivity index (χ2v) is 5.56. The summed E-state index contributed by atoms with van der Waals surface area (Å²) < 4.78 is 7.19. The van der Waals surface area contributed by atoms with Crippen LogP contribution in [0.3, 0.4) is 0 Å². The van der Waals surface area contributed by atoms with Gasteiger partial charge in [0.15, 0.2) is 11.6 Å². The fourth-order valence-corrected chi connectivity index (χ4v) is 2.41. The first-order valence-corrected chi connectivity index (χ1v) is 8.17. The third-order valence-electron chi connectivity index (χ3n) is 3.05. The van der Waals surface area contributed by atoms with E-state index in [-0.39, 0.29) is 0 Å². The predicted octanol–water partition coefficient (Wildman–Crippen LogP) is 2.57. The molecule has 0 spiro atoms. The zero-order valence-corrected chi connectivity index (χ0v) is 12.9. The number of aryl methyl sites for hydroxylation is 3. The van der Waals surface area contributed by atoms with Crippen molar-refractivity contribution in [1.82, 2.24) is 14.8 Å². The molecule has 0 fully saturated rings. The number of hydrogen-bond acceptors (Lipinski definition) is 4. The number of thioether (sulfide) groups is 1. The molecule has 1 aromatic heterocycles. The van der Waals surface area contributed by atoms with Crippen LogP contribution >= 0.6 is 11.8 Å². The van der Waals surface area contributed by atoms with Crippen LogP contribution in [0.15, 0.2) is 30.3 Å². The van der Waals surface area contributed by atoms with Crippen LogP contribution in [0.2, 0.25) is 0 Å². The Labute approximate surface area is 124 Å². The van der Waals surface area contributed by atoms with Gasteiger partial charge in [0.25, 0.3) is 0 Å². The highest BCUT2D eigenvalue weighted by atomic mass is 32.2. The summed E-state index contributed by atoms with van der Waals surface area (Å²) in [6.07, 6.45) is 3.97. The average Bonchev–Trinajstić information content (AvgIpc) is 2.87. The molecule has 20 heavy (non-hydrogen) atoms. The van der Waals surface area contributed by atoms with Gasteiger partial charge in [0.05, 0.1) is 0 Å². The van der Waals surface area contributed by atoms with Gasteiger partial charge in [-0.25, -0.2) is 9.67 Å². The Bertz CT molecular complexity index is 513. The zero-order valence-electron chi connectivity index (χ0n) is 12.1. The monoisotopic (exact) mass is 291 g/mol. The first-order valence-electron chi connectivity index (χ1n) is 6.78. The van der Waals surface area contributed by atoms with Crippen molar-refractivity contribution in [3.8, 4) is 0 Å². The Morgan fingerprint density at radius 3 is 2.70 bits per heavy atom. The number of nitrogens with zero attached hydrogens (tertiary/aromatic N) is 3. The van der Waals surface area contributed by atoms with Crippen LogP contribution in [0.4, 0.5) is 0 Å². The van der Waals surface area contributed by atoms with E-state index in [0.29, 0.717) is 6.61 Å². The molecule has 0 unspecified atom stereocenters. The lowest BCUT2D eigenvalue weighted by atomic mass is 10.1. The van der Waals surface area contributed by atoms with Crippen molar-refractivity contribution < 1.29 is 4.74 Å². The van der Waals surface area contributed by atoms with Crippen molar-refractivity contribution in [1.29, 1.82) is 0 Å². The van der Waals surface area contributed by atoms with Gasteiger partial charge in [-0.15, -0.1) is 0 Å². The van der Waals surface area contributed by atoms with Crippen molar-refractivity contribution in [2.75, 3.05) is 19.1 Å². The second kappa shape index (κ2) is 8.07. The van der Waals surface area contributed by atoms with Crippen LogP contribution in [0, 0.1) is 0 Å². The molecule has 0 aliphatic rings. The van der Waals surface area contributed by atoms with E-state index >= 15 is 0 Å². The third kappa shape index (κ3) is 4.35. The van der Waals surface area contributed by atoms with Gasteiger partial charge in [0.1, 0.15) is 6.61 Å². The molecule has 0 amide bonds. The van der Waals surface area contributed by atoms with Gasteiger partial charge in [0, 0.05) is 25.8 Å². The Balaban J connectivity index is 2.02. The largest absolute Gasteiger partial charge is 0.377 e. The molecular weight excluding hydrogens is 270 g/mol. The van der Waals surface area contributed by atoms with E-state index in [0.717, 1.165) is 36.8 Å². The SMILES string of the molecule is COCc1nc(CCSC)nn1CCc1ccccc1. The molecule has 0 saturated carbocycles. The van der Waals surface area contributed by atoms with Crippen LogP contribution in [-0.2, 0) is 30.7 Å². The number of ether oxygens (including phenoxy) is 1. The van der Waals surface area contributed by atoms with Gasteiger partial charge >= 0.3 is 0 Å². The number of hydrogen-bond donors (Lipinski definition) is 0. The van der Waals surface area contributed by atoms with Gasteiger partial charge in [-0.1, -0.05) is 30.3 Å². The van der Waals surface area contributed by atoms with Crippen molar-refractivity contribution in [2.24, 2.45) is 0 Å². The number of methoxy groups -OCH3 is 1. The lowest BCUT2D eigenvalue weighted by molar-refractivity contribution is 0.173. The van der Waals surface area contributed by atoms with Gasteiger partial charge in [0.2, 0.25) is 0 Å². The predicted molar refractivity (Wildman–Crippen MR) is 83.0 cm³/mol. The lowest BCUT2D eigenvalue weighted by Gasteiger charge is -2.05. The Hall–Kier alpha value is -1.33. The van der Waals surface area contributed by atoms with E-state index in [4.69, 9.17) is 4.74 Å². The fourth-order valence-electron chi connectivity index (χ4n) is 2.02. The molecule has 0 aliphatic heterocycles. The maximum absolute atomic E-state index is 5.21. The summed E-state index contributed by atoms with van der Waals surface area (Å²) >= 11 is 1.81. The van der Waals surface area contributed by atoms with Crippen molar-refractivity contribution in [3.63, 3.8) is 0 Å². The molecule has 2 aromatic rings. The molecule has 1 heterocycles.